The van der Waals surface area contributed by atoms with Crippen LogP contribution < -0.4 is 5.19 Å². The minimum atomic E-state index is 1.04. The fourth-order valence-corrected chi connectivity index (χ4v) is 1.90. The van der Waals surface area contributed by atoms with Crippen LogP contribution in [0.25, 0.3) is 11.1 Å². The van der Waals surface area contributed by atoms with Crippen LogP contribution in [0.5, 0.6) is 0 Å². The molecule has 0 unspecified atom stereocenters. The highest BCUT2D eigenvalue weighted by molar-refractivity contribution is 6.33. The van der Waals surface area contributed by atoms with Crippen molar-refractivity contribution < 1.29 is 0 Å². The van der Waals surface area contributed by atoms with E-state index < -0.39 is 0 Å². The van der Waals surface area contributed by atoms with Gasteiger partial charge in [0.25, 0.3) is 0 Å². The van der Waals surface area contributed by atoms with Crippen LogP contribution in [0, 0.1) is 12.3 Å². The first-order chi connectivity index (χ1) is 7.31. The van der Waals surface area contributed by atoms with E-state index in [1.54, 1.807) is 0 Å². The Balaban J connectivity index is 0.000000121. The van der Waals surface area contributed by atoms with Crippen LogP contribution in [0.1, 0.15) is 5.56 Å². The summed E-state index contributed by atoms with van der Waals surface area (Å²) in [7, 11) is 1.04. The third-order valence-electron chi connectivity index (χ3n) is 2.52. The van der Waals surface area contributed by atoms with E-state index >= 15 is 0 Å². The molecular formula is C14H12Si. The van der Waals surface area contributed by atoms with Crippen LogP contribution in [0.2, 0.25) is 0 Å². The van der Waals surface area contributed by atoms with Gasteiger partial charge in [0.2, 0.25) is 0 Å². The van der Waals surface area contributed by atoms with E-state index in [4.69, 9.17) is 6.42 Å². The Labute approximate surface area is 93.4 Å². The van der Waals surface area contributed by atoms with Crippen LogP contribution >= 0.6 is 0 Å². The van der Waals surface area contributed by atoms with Crippen molar-refractivity contribution in [1.82, 2.24) is 0 Å². The Hall–Kier alpha value is -1.78. The molecular weight excluding hydrogens is 196 g/mol. The van der Waals surface area contributed by atoms with E-state index in [0.29, 0.717) is 0 Å². The molecule has 15 heavy (non-hydrogen) atoms. The predicted molar refractivity (Wildman–Crippen MR) is 69.4 cm³/mol. The van der Waals surface area contributed by atoms with Crippen molar-refractivity contribution in [3.63, 3.8) is 0 Å². The molecule has 0 spiro atoms. The minimum absolute atomic E-state index is 1.04. The maximum absolute atomic E-state index is 5.22. The molecule has 0 saturated heterocycles. The van der Waals surface area contributed by atoms with Gasteiger partial charge in [0.05, 0.1) is 0 Å². The average Bonchev–Trinajstić information content (AvgIpc) is 2.25. The molecule has 1 heteroatoms. The summed E-state index contributed by atoms with van der Waals surface area (Å²) in [5.41, 5.74) is 3.90. The molecule has 1 aromatic rings. The molecule has 2 aliphatic rings. The highest BCUT2D eigenvalue weighted by atomic mass is 28.1. The van der Waals surface area contributed by atoms with Gasteiger partial charge in [0.1, 0.15) is 0 Å². The zero-order valence-corrected chi connectivity index (χ0v) is 10.7. The maximum atomic E-state index is 5.22. The number of terminal acetylenes is 1. The van der Waals surface area contributed by atoms with Gasteiger partial charge in [-0.05, 0) is 17.2 Å². The number of hydrogen-bond donors (Lipinski definition) is 0. The molecule has 1 aromatic carbocycles. The molecule has 0 heterocycles. The van der Waals surface area contributed by atoms with Gasteiger partial charge < -0.3 is 0 Å². The van der Waals surface area contributed by atoms with E-state index in [-0.39, 0.29) is 0 Å². The Bertz CT molecular complexity index is 483. The largest absolute Gasteiger partial charge is 0.115 e. The summed E-state index contributed by atoms with van der Waals surface area (Å²) in [5.74, 6) is 2.63. The minimum Gasteiger partial charge on any atom is -0.115 e. The van der Waals surface area contributed by atoms with Crippen LogP contribution in [0.15, 0.2) is 48.5 Å². The van der Waals surface area contributed by atoms with E-state index in [1.165, 1.54) is 16.3 Å². The first-order valence-electron chi connectivity index (χ1n) is 4.94. The molecule has 0 nitrogen and oxygen atoms in total. The summed E-state index contributed by atoms with van der Waals surface area (Å²) >= 11 is 0. The third-order valence-corrected chi connectivity index (χ3v) is 3.39. The Morgan fingerprint density at radius 2 is 1.40 bits per heavy atom. The van der Waals surface area contributed by atoms with Gasteiger partial charge in [-0.2, -0.15) is 0 Å². The van der Waals surface area contributed by atoms with Crippen molar-refractivity contribution in [3.05, 3.63) is 54.1 Å². The van der Waals surface area contributed by atoms with E-state index in [9.17, 15) is 0 Å². The molecule has 0 atom stereocenters. The molecule has 0 aliphatic heterocycles. The molecule has 0 bridgehead atoms. The highest BCUT2D eigenvalue weighted by Crippen LogP contribution is 2.29. The predicted octanol–water partition coefficient (Wildman–Crippen LogP) is 1.33. The average molecular weight is 208 g/mol. The monoisotopic (exact) mass is 208 g/mol. The third kappa shape index (κ3) is 2.01. The molecule has 0 amide bonds. The Kier molecular flexibility index (Phi) is 2.71. The van der Waals surface area contributed by atoms with Gasteiger partial charge in [-0.25, -0.2) is 0 Å². The SMILES string of the molecule is C#Cc1ccccc1[SiH3].c1cc2ccc1-2. The fourth-order valence-electron chi connectivity index (χ4n) is 1.40. The molecule has 72 valence electrons. The van der Waals surface area contributed by atoms with Crippen molar-refractivity contribution >= 4 is 15.4 Å². The Morgan fingerprint density at radius 1 is 0.867 bits per heavy atom. The lowest BCUT2D eigenvalue weighted by molar-refractivity contribution is 1.55. The Morgan fingerprint density at radius 3 is 1.67 bits per heavy atom. The summed E-state index contributed by atoms with van der Waals surface area (Å²) in [6.45, 7) is 0. The summed E-state index contributed by atoms with van der Waals surface area (Å²) in [6.07, 6.45) is 5.22. The van der Waals surface area contributed by atoms with E-state index in [0.717, 1.165) is 15.8 Å². The summed E-state index contributed by atoms with van der Waals surface area (Å²) in [4.78, 5) is 0. The zero-order valence-electron chi connectivity index (χ0n) is 8.70. The molecule has 2 aliphatic carbocycles. The van der Waals surface area contributed by atoms with Gasteiger partial charge in [0.15, 0.2) is 0 Å². The van der Waals surface area contributed by atoms with Gasteiger partial charge in [-0.3, -0.25) is 0 Å². The lowest BCUT2D eigenvalue weighted by atomic mass is 9.95. The second kappa shape index (κ2) is 4.16. The lowest BCUT2D eigenvalue weighted by Gasteiger charge is -2.10. The number of hydrogen-bond acceptors (Lipinski definition) is 0. The van der Waals surface area contributed by atoms with Gasteiger partial charge >= 0.3 is 0 Å². The van der Waals surface area contributed by atoms with Crippen molar-refractivity contribution in [2.45, 2.75) is 0 Å². The molecule has 0 saturated carbocycles. The molecule has 0 fully saturated rings. The second-order valence-corrected chi connectivity index (χ2v) is 4.61. The molecule has 0 aromatic heterocycles. The van der Waals surface area contributed by atoms with Crippen molar-refractivity contribution in [2.24, 2.45) is 0 Å². The summed E-state index contributed by atoms with van der Waals surface area (Å²) in [6, 6.07) is 16.5. The first kappa shape index (κ1) is 9.76. The molecule has 0 radical (unpaired) electrons. The van der Waals surface area contributed by atoms with Gasteiger partial charge in [0, 0.05) is 15.8 Å². The van der Waals surface area contributed by atoms with Crippen LogP contribution in [0.4, 0.5) is 0 Å². The van der Waals surface area contributed by atoms with Gasteiger partial charge in [-0.1, -0.05) is 53.6 Å². The standard InChI is InChI=1S/C8H8Si.C6H4/c1-2-7-5-3-4-6-8(7)9;1-2-6-4-3-5(1)6/h1,3-6H,9H3;1-4H. The van der Waals surface area contributed by atoms with Crippen molar-refractivity contribution in [1.29, 1.82) is 0 Å². The lowest BCUT2D eigenvalue weighted by Crippen LogP contribution is -2.05. The maximum Gasteiger partial charge on any atom is 0.0401 e. The van der Waals surface area contributed by atoms with Crippen molar-refractivity contribution in [2.75, 3.05) is 0 Å². The number of benzene rings is 2. The molecule has 0 N–H and O–H groups in total. The first-order valence-corrected chi connectivity index (χ1v) is 5.94. The van der Waals surface area contributed by atoms with Crippen LogP contribution in [-0.2, 0) is 0 Å². The zero-order chi connectivity index (χ0) is 10.7. The van der Waals surface area contributed by atoms with Crippen LogP contribution in [0.3, 0.4) is 0 Å². The van der Waals surface area contributed by atoms with E-state index in [2.05, 4.69) is 36.3 Å². The number of rotatable bonds is 0. The quantitative estimate of drug-likeness (QED) is 0.386. The van der Waals surface area contributed by atoms with Crippen molar-refractivity contribution in [3.8, 4) is 23.5 Å². The fraction of sp³-hybridized carbons (Fsp3) is 0. The van der Waals surface area contributed by atoms with Crippen LogP contribution in [-0.4, -0.2) is 10.2 Å². The molecule has 3 rings (SSSR count). The second-order valence-electron chi connectivity index (χ2n) is 3.54. The topological polar surface area (TPSA) is 0 Å². The van der Waals surface area contributed by atoms with Gasteiger partial charge in [-0.15, -0.1) is 6.42 Å². The smallest absolute Gasteiger partial charge is 0.0401 e. The highest BCUT2D eigenvalue weighted by Gasteiger charge is 2.03. The number of fused-ring (bicyclic) bond motifs is 1. The summed E-state index contributed by atoms with van der Waals surface area (Å²) in [5, 5.41) is 1.31. The summed E-state index contributed by atoms with van der Waals surface area (Å²) < 4.78 is 0. The normalized spacial score (nSPS) is 9.80. The van der Waals surface area contributed by atoms with E-state index in [1.807, 2.05) is 18.2 Å².